The lowest BCUT2D eigenvalue weighted by molar-refractivity contribution is -0.391. The molecule has 0 unspecified atom stereocenters. The van der Waals surface area contributed by atoms with Crippen LogP contribution in [0.1, 0.15) is 179 Å². The first-order valence-corrected chi connectivity index (χ1v) is 48.4. The van der Waals surface area contributed by atoms with Crippen LogP contribution in [0.25, 0.3) is 0 Å². The molecule has 0 spiro atoms. The first-order chi connectivity index (χ1) is 64.8. The van der Waals surface area contributed by atoms with E-state index < -0.39 is 378 Å². The van der Waals surface area contributed by atoms with Crippen molar-refractivity contribution >= 4 is 30.2 Å². The maximum absolute atomic E-state index is 16.4. The van der Waals surface area contributed by atoms with Crippen LogP contribution in [0.5, 0.6) is 0 Å². The number of aldehydes is 1. The molecule has 12 fully saturated rings. The van der Waals surface area contributed by atoms with E-state index in [2.05, 4.69) is 26.8 Å². The Labute approximate surface area is 797 Å². The first kappa shape index (κ1) is 111. The average Bonchev–Trinajstić information content (AvgIpc) is 0.699. The van der Waals surface area contributed by atoms with Crippen molar-refractivity contribution in [1.29, 1.82) is 0 Å². The maximum Gasteiger partial charge on any atom is 0.335 e. The van der Waals surface area contributed by atoms with Gasteiger partial charge in [-0.2, -0.15) is 0 Å². The molecule has 46 heteroatoms. The van der Waals surface area contributed by atoms with Crippen LogP contribution in [0.15, 0.2) is 11.6 Å². The zero-order chi connectivity index (χ0) is 101. The normalized spacial score (nSPS) is 48.8. The highest BCUT2D eigenvalue weighted by molar-refractivity contribution is 5.80. The van der Waals surface area contributed by atoms with Crippen LogP contribution in [-0.4, -0.2) is 439 Å². The Kier molecular flexibility index (Phi) is 35.8. The fourth-order valence-electron chi connectivity index (χ4n) is 24.1. The Morgan fingerprint density at radius 1 is 0.471 bits per heavy atom. The second kappa shape index (κ2) is 44.5. The Balaban J connectivity index is 0.748. The molecule has 0 radical (unpaired) electrons. The fourth-order valence-corrected chi connectivity index (χ4v) is 24.1. The number of carboxylic acids is 1. The standard InChI is InChI=1S/C92H148O46/c1-13-35(3)46(126-54(102)25-40(97)24-47(36(4)14-2)127-82-64(112)59(107)49(30-94)128-82)23-39(96)26-55(103)131-71-38(6)125-84(75(67(71)115)136-81-66(114)61(109)70(37(5)124-81)132-80-69(117)72(45(100)33-123-80)133-78-62(110)56(104)43(98)31-121-78)138-86(120)92-22-21-87(7,8)27-42(92)41-15-16-51-88(9)19-18-53(89(10,34-95)50(88)17-20-90(51,11)91(41,12)28-52(92)101)130-85-76(137-83-65(113)60(108)58(106)48(29-93)129-83)73(68(116)74(135-85)77(118)119)134-79-63(111)57(105)44(99)32-122-79/h15,34-40,42-53,56-76,78-85,93-94,96-101,104-117H,13-14,16-33H2,1-12H3,(H,118,119)/t35-,36-,37-,38+,39-,40-,42-,43+,44+,45+,46-,47-,48+,49+,50+,51+,52+,53-,56-,57-,58-,59+,60-,61-,62+,63+,64-,65+,66+,67-,68-,69+,70-,71-,72-,73-,74-,75+,76+,78-,79-,80-,81-,82-,83-,84-,85+,88-,89-,90+,91+,92+/m0/s1. The SMILES string of the molecule is CC[C@H](C)[C@H](C[C@H](O)CC(=O)O[C@@H]1[C@H](O)[C@@H](O[C@@H]2O[C@@H](C)[C@H](O[C@@H]3OC[C@@H](O)[C@H](O[C@@H]4OC[C@@H](O)[C@H](O)[C@H]4O)[C@H]3O)[C@@H](O)[C@H]2O)[C@H](OC(=O)[C@]23CCC(C)(C)C[C@H]2C2=CC[C@@H]4[C@@]5(C)CC[C@H](O[C@@H]6O[C@H](C(=O)O)[C@@H](O)[C@H](O[C@@H]7OC[C@@H](O)[C@H](O)[C@H]7O)[C@H]6O[C@@H]6O[C@H](CO)[C@H](O)[C@H](O)[C@H]6O)[C@@](C)(C=O)[C@@H]5CC[C@@]4(C)[C@]2(C)C[C@H]3O)O[C@@H]1C)OC(=O)C[C@@H](O)C[C@H](O[C@H]1O[C@H](CO)[C@@H](O)[C@@H]1O)[C@@H](C)CC. The van der Waals surface area contributed by atoms with Gasteiger partial charge in [-0.1, -0.05) is 93.7 Å². The van der Waals surface area contributed by atoms with Gasteiger partial charge in [0.15, 0.2) is 62.3 Å². The number of aliphatic hydroxyl groups excluding tert-OH is 22. The number of hydrogen-bond donors (Lipinski definition) is 23. The monoisotopic (exact) mass is 1990 g/mol. The molecule has 4 saturated carbocycles. The summed E-state index contributed by atoms with van der Waals surface area (Å²) in [5.74, 6) is -7.25. The predicted molar refractivity (Wildman–Crippen MR) is 458 cm³/mol. The zero-order valence-electron chi connectivity index (χ0n) is 79.6. The van der Waals surface area contributed by atoms with E-state index in [0.717, 1.165) is 11.9 Å². The van der Waals surface area contributed by atoms with E-state index in [4.69, 9.17) is 85.3 Å². The van der Waals surface area contributed by atoms with E-state index in [1.54, 1.807) is 27.7 Å². The van der Waals surface area contributed by atoms with Gasteiger partial charge >= 0.3 is 23.9 Å². The van der Waals surface area contributed by atoms with Crippen molar-refractivity contribution in [2.45, 2.75) is 437 Å². The van der Waals surface area contributed by atoms with Crippen LogP contribution in [0.3, 0.4) is 0 Å². The first-order valence-electron chi connectivity index (χ1n) is 48.4. The number of ether oxygens (including phenoxy) is 18. The molecule has 13 aliphatic rings. The third-order valence-electron chi connectivity index (χ3n) is 33.2. The van der Waals surface area contributed by atoms with Gasteiger partial charge in [0.1, 0.15) is 158 Å². The third-order valence-corrected chi connectivity index (χ3v) is 33.2. The second-order valence-corrected chi connectivity index (χ2v) is 42.5. The molecule has 0 amide bonds. The number of esters is 3. The molecule has 8 saturated heterocycles. The van der Waals surface area contributed by atoms with E-state index in [0.29, 0.717) is 51.4 Å². The summed E-state index contributed by atoms with van der Waals surface area (Å²) in [6.07, 6.45) is -69.7. The molecule has 138 heavy (non-hydrogen) atoms. The minimum Gasteiger partial charge on any atom is -0.479 e. The van der Waals surface area contributed by atoms with Gasteiger partial charge in [-0.25, -0.2) is 4.79 Å². The smallest absolute Gasteiger partial charge is 0.335 e. The molecule has 8 heterocycles. The molecule has 8 aliphatic heterocycles. The molecular formula is C92H148O46. The Bertz CT molecular complexity index is 4080. The summed E-state index contributed by atoms with van der Waals surface area (Å²) in [6.45, 7) is 18.6. The molecule has 46 nitrogen and oxygen atoms in total. The molecule has 0 aromatic carbocycles. The number of carbonyl (C=O) groups is 5. The minimum atomic E-state index is -2.27. The Morgan fingerprint density at radius 2 is 0.978 bits per heavy atom. The number of carbonyl (C=O) groups excluding carboxylic acids is 4. The van der Waals surface area contributed by atoms with Gasteiger partial charge in [0.25, 0.3) is 0 Å². The number of carboxylic acid groups (broad SMARTS) is 1. The lowest BCUT2D eigenvalue weighted by Gasteiger charge is -2.71. The van der Waals surface area contributed by atoms with Crippen LogP contribution in [0, 0.1) is 62.1 Å². The van der Waals surface area contributed by atoms with Crippen molar-refractivity contribution in [3.05, 3.63) is 11.6 Å². The number of rotatable bonds is 34. The van der Waals surface area contributed by atoms with Gasteiger partial charge < -0.3 is 208 Å². The number of aliphatic hydroxyl groups is 22. The van der Waals surface area contributed by atoms with Gasteiger partial charge in [-0.3, -0.25) is 14.4 Å². The summed E-state index contributed by atoms with van der Waals surface area (Å²) in [4.78, 5) is 72.1. The van der Waals surface area contributed by atoms with Crippen LogP contribution in [0.2, 0.25) is 0 Å². The average molecular weight is 1990 g/mol. The van der Waals surface area contributed by atoms with Crippen LogP contribution in [-0.2, 0) is 109 Å². The van der Waals surface area contributed by atoms with Gasteiger partial charge in [-0.15, -0.1) is 0 Å². The van der Waals surface area contributed by atoms with E-state index in [-0.39, 0.29) is 43.9 Å². The molecular weight excluding hydrogens is 1840 g/mol. The molecule has 13 rings (SSSR count). The van der Waals surface area contributed by atoms with Crippen LogP contribution < -0.4 is 0 Å². The second-order valence-electron chi connectivity index (χ2n) is 42.5. The maximum atomic E-state index is 16.4. The summed E-state index contributed by atoms with van der Waals surface area (Å²) in [5.41, 5.74) is -5.53. The van der Waals surface area contributed by atoms with Crippen LogP contribution >= 0.6 is 0 Å². The topological polar surface area (TPSA) is 717 Å². The molecule has 0 bridgehead atoms. The quantitative estimate of drug-likeness (QED) is 0.00939. The highest BCUT2D eigenvalue weighted by Crippen LogP contribution is 2.76. The van der Waals surface area contributed by atoms with E-state index in [1.807, 2.05) is 20.8 Å². The molecule has 23 N–H and O–H groups in total. The Morgan fingerprint density at radius 3 is 1.58 bits per heavy atom. The third kappa shape index (κ3) is 21.6. The lowest BCUT2D eigenvalue weighted by atomic mass is 9.33. The lowest BCUT2D eigenvalue weighted by Crippen LogP contribution is -2.69. The number of allylic oxidation sites excluding steroid dienone is 2. The summed E-state index contributed by atoms with van der Waals surface area (Å²) in [7, 11) is 0. The highest BCUT2D eigenvalue weighted by atomic mass is 16.8. The van der Waals surface area contributed by atoms with Gasteiger partial charge in [0.05, 0.1) is 94.0 Å². The van der Waals surface area contributed by atoms with Crippen molar-refractivity contribution in [2.75, 3.05) is 33.0 Å². The summed E-state index contributed by atoms with van der Waals surface area (Å²) < 4.78 is 108. The molecule has 52 atom stereocenters. The van der Waals surface area contributed by atoms with E-state index in [1.165, 1.54) is 13.8 Å². The van der Waals surface area contributed by atoms with Crippen molar-refractivity contribution in [2.24, 2.45) is 62.1 Å². The molecule has 0 aromatic heterocycles. The van der Waals surface area contributed by atoms with Gasteiger partial charge in [0.2, 0.25) is 6.29 Å². The summed E-state index contributed by atoms with van der Waals surface area (Å²) >= 11 is 0. The number of aliphatic carboxylic acids is 1. The minimum absolute atomic E-state index is 0.0129. The number of fused-ring (bicyclic) bond motifs is 7. The van der Waals surface area contributed by atoms with Crippen LogP contribution in [0.4, 0.5) is 0 Å². The fraction of sp³-hybridized carbons (Fsp3) is 0.924. The van der Waals surface area contributed by atoms with E-state index in [9.17, 15) is 137 Å². The molecule has 5 aliphatic carbocycles. The van der Waals surface area contributed by atoms with Crippen molar-refractivity contribution < 1.29 is 227 Å². The highest BCUT2D eigenvalue weighted by Gasteiger charge is 2.74. The predicted octanol–water partition coefficient (Wildman–Crippen LogP) is -5.69. The summed E-state index contributed by atoms with van der Waals surface area (Å²) in [5, 5.41) is 256. The molecule has 792 valence electrons. The largest absolute Gasteiger partial charge is 0.479 e. The van der Waals surface area contributed by atoms with Crippen molar-refractivity contribution in [3.8, 4) is 0 Å². The van der Waals surface area contributed by atoms with Crippen molar-refractivity contribution in [3.63, 3.8) is 0 Å². The molecule has 0 aromatic rings. The van der Waals surface area contributed by atoms with Crippen molar-refractivity contribution in [1.82, 2.24) is 0 Å². The Hall–Kier alpha value is -4.19. The summed E-state index contributed by atoms with van der Waals surface area (Å²) in [6, 6.07) is 0. The number of hydrogen-bond acceptors (Lipinski definition) is 45. The van der Waals surface area contributed by atoms with Gasteiger partial charge in [0, 0.05) is 12.8 Å². The zero-order valence-corrected chi connectivity index (χ0v) is 79.6. The van der Waals surface area contributed by atoms with Gasteiger partial charge in [-0.05, 0) is 123 Å². The van der Waals surface area contributed by atoms with E-state index >= 15 is 4.79 Å².